The molecular weight excluding hydrogens is 164 g/mol. The highest BCUT2D eigenvalue weighted by atomic mass is 16.3. The zero-order valence-electron chi connectivity index (χ0n) is 7.50. The molecule has 0 aliphatic carbocycles. The van der Waals surface area contributed by atoms with Crippen LogP contribution in [0.5, 0.6) is 0 Å². The Labute approximate surface area is 76.5 Å². The summed E-state index contributed by atoms with van der Waals surface area (Å²) in [6.07, 6.45) is 0. The van der Waals surface area contributed by atoms with Crippen LogP contribution in [-0.4, -0.2) is 0 Å². The van der Waals surface area contributed by atoms with Gasteiger partial charge in [-0.05, 0) is 25.1 Å². The molecule has 0 saturated carbocycles. The Bertz CT molecular complexity index is 420. The molecule has 3 nitrogen and oxygen atoms in total. The molecule has 68 valence electrons. The zero-order chi connectivity index (χ0) is 9.26. The first-order chi connectivity index (χ1) is 6.29. The highest BCUT2D eigenvalue weighted by molar-refractivity contribution is 5.78. The van der Waals surface area contributed by atoms with Gasteiger partial charge in [0.05, 0.1) is 6.54 Å². The second kappa shape index (κ2) is 3.20. The molecule has 0 fully saturated rings. The van der Waals surface area contributed by atoms with Gasteiger partial charge >= 0.3 is 0 Å². The topological polar surface area (TPSA) is 51.2 Å². The lowest BCUT2D eigenvalue weighted by Gasteiger charge is -1.90. The van der Waals surface area contributed by atoms with Gasteiger partial charge in [-0.3, -0.25) is 11.3 Å². The van der Waals surface area contributed by atoms with Crippen molar-refractivity contribution < 1.29 is 4.42 Å². The summed E-state index contributed by atoms with van der Waals surface area (Å²) in [7, 11) is 0. The fourth-order valence-electron chi connectivity index (χ4n) is 1.41. The summed E-state index contributed by atoms with van der Waals surface area (Å²) >= 11 is 0. The molecule has 0 amide bonds. The molecule has 1 heterocycles. The smallest absolute Gasteiger partial charge is 0.134 e. The molecule has 0 spiro atoms. The van der Waals surface area contributed by atoms with E-state index in [0.717, 1.165) is 16.7 Å². The molecule has 0 unspecified atom stereocenters. The second-order valence-corrected chi connectivity index (χ2v) is 3.13. The van der Waals surface area contributed by atoms with Crippen LogP contribution in [0.15, 0.2) is 28.7 Å². The van der Waals surface area contributed by atoms with Crippen molar-refractivity contribution in [3.8, 4) is 0 Å². The summed E-state index contributed by atoms with van der Waals surface area (Å²) in [5, 5.41) is 1.13. The van der Waals surface area contributed by atoms with Crippen LogP contribution >= 0.6 is 0 Å². The third-order valence-electron chi connectivity index (χ3n) is 2.00. The van der Waals surface area contributed by atoms with E-state index >= 15 is 0 Å². The molecular formula is C10H12N2O. The summed E-state index contributed by atoms with van der Waals surface area (Å²) in [5.74, 6) is 6.07. The maximum atomic E-state index is 5.52. The minimum absolute atomic E-state index is 0.563. The van der Waals surface area contributed by atoms with Crippen molar-refractivity contribution in [2.24, 2.45) is 5.84 Å². The Morgan fingerprint density at radius 2 is 2.23 bits per heavy atom. The second-order valence-electron chi connectivity index (χ2n) is 3.13. The average Bonchev–Trinajstić information content (AvgIpc) is 2.46. The highest BCUT2D eigenvalue weighted by Crippen LogP contribution is 2.20. The normalized spacial score (nSPS) is 10.9. The number of rotatable bonds is 2. The van der Waals surface area contributed by atoms with Gasteiger partial charge in [-0.25, -0.2) is 0 Å². The van der Waals surface area contributed by atoms with Gasteiger partial charge in [-0.2, -0.15) is 0 Å². The number of nitrogens with two attached hydrogens (primary N) is 1. The van der Waals surface area contributed by atoms with Gasteiger partial charge in [0.1, 0.15) is 11.3 Å². The standard InChI is InChI=1S/C10H12N2O/c1-7-2-3-10-8(4-7)5-9(13-10)6-12-11/h2-5,12H,6,11H2,1H3. The summed E-state index contributed by atoms with van der Waals surface area (Å²) in [5.41, 5.74) is 4.72. The molecule has 2 aromatic rings. The van der Waals surface area contributed by atoms with E-state index in [2.05, 4.69) is 18.4 Å². The van der Waals surface area contributed by atoms with Gasteiger partial charge in [0, 0.05) is 5.39 Å². The van der Waals surface area contributed by atoms with Crippen LogP contribution in [0, 0.1) is 6.92 Å². The Kier molecular flexibility index (Phi) is 2.04. The monoisotopic (exact) mass is 176 g/mol. The maximum Gasteiger partial charge on any atom is 0.134 e. The van der Waals surface area contributed by atoms with Gasteiger partial charge in [0.2, 0.25) is 0 Å². The average molecular weight is 176 g/mol. The number of furan rings is 1. The first-order valence-corrected chi connectivity index (χ1v) is 4.22. The number of fused-ring (bicyclic) bond motifs is 1. The Morgan fingerprint density at radius 1 is 1.38 bits per heavy atom. The van der Waals surface area contributed by atoms with E-state index in [9.17, 15) is 0 Å². The first-order valence-electron chi connectivity index (χ1n) is 4.22. The zero-order valence-corrected chi connectivity index (χ0v) is 7.50. The number of hydrazine groups is 1. The summed E-state index contributed by atoms with van der Waals surface area (Å²) < 4.78 is 5.52. The molecule has 0 atom stereocenters. The highest BCUT2D eigenvalue weighted by Gasteiger charge is 2.01. The molecule has 13 heavy (non-hydrogen) atoms. The van der Waals surface area contributed by atoms with Crippen molar-refractivity contribution in [2.45, 2.75) is 13.5 Å². The first kappa shape index (κ1) is 8.29. The predicted molar refractivity (Wildman–Crippen MR) is 52.0 cm³/mol. The van der Waals surface area contributed by atoms with Crippen molar-refractivity contribution in [1.29, 1.82) is 0 Å². The van der Waals surface area contributed by atoms with Gasteiger partial charge < -0.3 is 4.42 Å². The molecule has 0 aliphatic rings. The summed E-state index contributed by atoms with van der Waals surface area (Å²) in [6, 6.07) is 8.11. The minimum atomic E-state index is 0.563. The number of benzene rings is 1. The van der Waals surface area contributed by atoms with Gasteiger partial charge in [0.15, 0.2) is 0 Å². The van der Waals surface area contributed by atoms with Crippen molar-refractivity contribution in [3.05, 3.63) is 35.6 Å². The van der Waals surface area contributed by atoms with Crippen LogP contribution in [0.4, 0.5) is 0 Å². The minimum Gasteiger partial charge on any atom is -0.460 e. The van der Waals surface area contributed by atoms with E-state index in [1.807, 2.05) is 18.2 Å². The molecule has 2 rings (SSSR count). The van der Waals surface area contributed by atoms with Crippen LogP contribution in [-0.2, 0) is 6.54 Å². The van der Waals surface area contributed by atoms with Crippen molar-refractivity contribution >= 4 is 11.0 Å². The number of aryl methyl sites for hydroxylation is 1. The van der Waals surface area contributed by atoms with E-state index < -0.39 is 0 Å². The van der Waals surface area contributed by atoms with E-state index in [1.165, 1.54) is 5.56 Å². The maximum absolute atomic E-state index is 5.52. The van der Waals surface area contributed by atoms with Crippen molar-refractivity contribution in [3.63, 3.8) is 0 Å². The molecule has 3 N–H and O–H groups in total. The van der Waals surface area contributed by atoms with E-state index in [0.29, 0.717) is 6.54 Å². The van der Waals surface area contributed by atoms with Gasteiger partial charge in [-0.15, -0.1) is 0 Å². The molecule has 0 aliphatic heterocycles. The molecule has 0 bridgehead atoms. The largest absolute Gasteiger partial charge is 0.460 e. The molecule has 0 saturated heterocycles. The number of hydrogen-bond acceptors (Lipinski definition) is 3. The van der Waals surface area contributed by atoms with E-state index in [-0.39, 0.29) is 0 Å². The number of hydrogen-bond donors (Lipinski definition) is 2. The van der Waals surface area contributed by atoms with E-state index in [4.69, 9.17) is 10.3 Å². The lowest BCUT2D eigenvalue weighted by Crippen LogP contribution is -2.20. The third kappa shape index (κ3) is 1.56. The van der Waals surface area contributed by atoms with Gasteiger partial charge in [-0.1, -0.05) is 11.6 Å². The van der Waals surface area contributed by atoms with Crippen molar-refractivity contribution in [2.75, 3.05) is 0 Å². The molecule has 1 aromatic heterocycles. The predicted octanol–water partition coefficient (Wildman–Crippen LogP) is 1.70. The molecule has 0 radical (unpaired) electrons. The lowest BCUT2D eigenvalue weighted by atomic mass is 10.2. The van der Waals surface area contributed by atoms with Crippen LogP contribution in [0.1, 0.15) is 11.3 Å². The third-order valence-corrected chi connectivity index (χ3v) is 2.00. The van der Waals surface area contributed by atoms with Crippen LogP contribution in [0.25, 0.3) is 11.0 Å². The SMILES string of the molecule is Cc1ccc2oc(CNN)cc2c1. The van der Waals surface area contributed by atoms with Crippen LogP contribution in [0.2, 0.25) is 0 Å². The fourth-order valence-corrected chi connectivity index (χ4v) is 1.41. The Hall–Kier alpha value is -1.32. The summed E-state index contributed by atoms with van der Waals surface area (Å²) in [4.78, 5) is 0. The van der Waals surface area contributed by atoms with E-state index in [1.54, 1.807) is 0 Å². The Balaban J connectivity index is 2.49. The Morgan fingerprint density at radius 3 is 3.00 bits per heavy atom. The quantitative estimate of drug-likeness (QED) is 0.541. The molecule has 1 aromatic carbocycles. The lowest BCUT2D eigenvalue weighted by molar-refractivity contribution is 0.520. The van der Waals surface area contributed by atoms with Crippen molar-refractivity contribution in [1.82, 2.24) is 5.43 Å². The van der Waals surface area contributed by atoms with Crippen LogP contribution < -0.4 is 11.3 Å². The fraction of sp³-hybridized carbons (Fsp3) is 0.200. The van der Waals surface area contributed by atoms with Gasteiger partial charge in [0.25, 0.3) is 0 Å². The molecule has 3 heteroatoms. The summed E-state index contributed by atoms with van der Waals surface area (Å²) in [6.45, 7) is 2.63. The number of nitrogens with one attached hydrogen (secondary N) is 1. The van der Waals surface area contributed by atoms with Crippen LogP contribution in [0.3, 0.4) is 0 Å².